The van der Waals surface area contributed by atoms with Crippen LogP contribution in [0.15, 0.2) is 72.9 Å². The Morgan fingerprint density at radius 2 is 1.78 bits per heavy atom. The molecule has 1 aromatic heterocycles. The van der Waals surface area contributed by atoms with Crippen molar-refractivity contribution < 1.29 is 14.3 Å². The maximum Gasteiger partial charge on any atom is 0.306 e. The molecule has 192 valence electrons. The standard InChI is InChI=1S/C31H33ClN2O3/c1-20-16-24(32)12-13-25(20)30(22-8-6-5-7-9-22)34-28(35)18-21-10-14-27-26(17-21)23(19-33-27)11-15-29(36)37-31(2,3)4/h5-10,12-14,16-17,19,30,33H,11,15,18H2,1-4H3,(H,34,35). The maximum atomic E-state index is 13.2. The lowest BCUT2D eigenvalue weighted by atomic mass is 9.94. The molecule has 0 spiro atoms. The van der Waals surface area contributed by atoms with Gasteiger partial charge in [-0.25, -0.2) is 0 Å². The van der Waals surface area contributed by atoms with Crippen molar-refractivity contribution >= 4 is 34.4 Å². The third-order valence-electron chi connectivity index (χ3n) is 6.20. The fraction of sp³-hybridized carbons (Fsp3) is 0.290. The summed E-state index contributed by atoms with van der Waals surface area (Å²) in [6, 6.07) is 21.4. The quantitative estimate of drug-likeness (QED) is 0.251. The molecular formula is C31H33ClN2O3. The molecule has 4 rings (SSSR count). The smallest absolute Gasteiger partial charge is 0.306 e. The van der Waals surface area contributed by atoms with Gasteiger partial charge in [-0.05, 0) is 86.2 Å². The molecule has 37 heavy (non-hydrogen) atoms. The van der Waals surface area contributed by atoms with Crippen molar-refractivity contribution in [3.05, 3.63) is 106 Å². The van der Waals surface area contributed by atoms with E-state index in [0.29, 0.717) is 17.9 Å². The molecule has 5 nitrogen and oxygen atoms in total. The van der Waals surface area contributed by atoms with E-state index < -0.39 is 5.60 Å². The molecule has 0 aliphatic heterocycles. The Labute approximate surface area is 223 Å². The fourth-order valence-electron chi connectivity index (χ4n) is 4.52. The van der Waals surface area contributed by atoms with Gasteiger partial charge in [-0.1, -0.05) is 54.1 Å². The second-order valence-electron chi connectivity index (χ2n) is 10.4. The number of nitrogens with one attached hydrogen (secondary N) is 2. The second kappa shape index (κ2) is 11.2. The number of amides is 1. The van der Waals surface area contributed by atoms with E-state index in [1.807, 2.05) is 101 Å². The zero-order valence-electron chi connectivity index (χ0n) is 21.7. The zero-order valence-corrected chi connectivity index (χ0v) is 22.5. The van der Waals surface area contributed by atoms with Gasteiger partial charge < -0.3 is 15.0 Å². The summed E-state index contributed by atoms with van der Waals surface area (Å²) >= 11 is 6.18. The second-order valence-corrected chi connectivity index (χ2v) is 10.8. The molecule has 1 unspecified atom stereocenters. The summed E-state index contributed by atoms with van der Waals surface area (Å²) in [6.45, 7) is 7.60. The van der Waals surface area contributed by atoms with Crippen LogP contribution in [0.3, 0.4) is 0 Å². The summed E-state index contributed by atoms with van der Waals surface area (Å²) in [7, 11) is 0. The molecule has 0 bridgehead atoms. The molecule has 0 radical (unpaired) electrons. The number of hydrogen-bond donors (Lipinski definition) is 2. The topological polar surface area (TPSA) is 71.2 Å². The van der Waals surface area contributed by atoms with E-state index in [1.54, 1.807) is 0 Å². The van der Waals surface area contributed by atoms with Crippen LogP contribution in [0.25, 0.3) is 10.9 Å². The molecule has 6 heteroatoms. The Morgan fingerprint density at radius 3 is 2.49 bits per heavy atom. The first-order valence-electron chi connectivity index (χ1n) is 12.5. The molecule has 1 amide bonds. The van der Waals surface area contributed by atoms with E-state index in [4.69, 9.17) is 16.3 Å². The monoisotopic (exact) mass is 516 g/mol. The highest BCUT2D eigenvalue weighted by Crippen LogP contribution is 2.28. The minimum Gasteiger partial charge on any atom is -0.460 e. The van der Waals surface area contributed by atoms with Crippen molar-refractivity contribution in [3.63, 3.8) is 0 Å². The first-order chi connectivity index (χ1) is 17.6. The lowest BCUT2D eigenvalue weighted by molar-refractivity contribution is -0.154. The highest BCUT2D eigenvalue weighted by atomic mass is 35.5. The lowest BCUT2D eigenvalue weighted by Gasteiger charge is -2.22. The molecule has 0 fully saturated rings. The van der Waals surface area contributed by atoms with Gasteiger partial charge in [-0.2, -0.15) is 0 Å². The summed E-state index contributed by atoms with van der Waals surface area (Å²) in [4.78, 5) is 28.7. The normalized spacial score (nSPS) is 12.4. The van der Waals surface area contributed by atoms with Crippen LogP contribution in [0.5, 0.6) is 0 Å². The van der Waals surface area contributed by atoms with Crippen LogP contribution in [-0.4, -0.2) is 22.5 Å². The first-order valence-corrected chi connectivity index (χ1v) is 12.9. The number of aryl methyl sites for hydroxylation is 2. The highest BCUT2D eigenvalue weighted by molar-refractivity contribution is 6.30. The highest BCUT2D eigenvalue weighted by Gasteiger charge is 2.20. The van der Waals surface area contributed by atoms with E-state index >= 15 is 0 Å². The van der Waals surface area contributed by atoms with Gasteiger partial charge in [0.25, 0.3) is 0 Å². The number of halogens is 1. The molecular weight excluding hydrogens is 484 g/mol. The number of aromatic nitrogens is 1. The number of benzene rings is 3. The fourth-order valence-corrected chi connectivity index (χ4v) is 4.74. The summed E-state index contributed by atoms with van der Waals surface area (Å²) in [5.41, 5.74) is 5.44. The minimum atomic E-state index is -0.500. The van der Waals surface area contributed by atoms with Crippen molar-refractivity contribution in [1.29, 1.82) is 0 Å². The van der Waals surface area contributed by atoms with E-state index in [2.05, 4.69) is 10.3 Å². The van der Waals surface area contributed by atoms with E-state index in [0.717, 1.165) is 38.7 Å². The lowest BCUT2D eigenvalue weighted by Crippen LogP contribution is -2.31. The zero-order chi connectivity index (χ0) is 26.6. The Morgan fingerprint density at radius 1 is 1.03 bits per heavy atom. The maximum absolute atomic E-state index is 13.2. The van der Waals surface area contributed by atoms with Gasteiger partial charge in [0, 0.05) is 28.5 Å². The molecule has 0 aliphatic carbocycles. The predicted octanol–water partition coefficient (Wildman–Crippen LogP) is 6.85. The van der Waals surface area contributed by atoms with Crippen molar-refractivity contribution in [3.8, 4) is 0 Å². The number of carbonyl (C=O) groups excluding carboxylic acids is 2. The van der Waals surface area contributed by atoms with Crippen LogP contribution in [0, 0.1) is 6.92 Å². The average Bonchev–Trinajstić information content (AvgIpc) is 3.23. The van der Waals surface area contributed by atoms with Crippen molar-refractivity contribution in [2.75, 3.05) is 0 Å². The number of rotatable bonds is 8. The predicted molar refractivity (Wildman–Crippen MR) is 149 cm³/mol. The van der Waals surface area contributed by atoms with E-state index in [9.17, 15) is 9.59 Å². The Balaban J connectivity index is 1.50. The Hall–Kier alpha value is -3.57. The molecule has 2 N–H and O–H groups in total. The summed E-state index contributed by atoms with van der Waals surface area (Å²) in [5, 5.41) is 4.91. The van der Waals surface area contributed by atoms with Gasteiger partial charge in [-0.15, -0.1) is 0 Å². The van der Waals surface area contributed by atoms with Crippen LogP contribution < -0.4 is 5.32 Å². The third-order valence-corrected chi connectivity index (χ3v) is 6.43. The van der Waals surface area contributed by atoms with Crippen LogP contribution in [0.1, 0.15) is 61.1 Å². The van der Waals surface area contributed by atoms with E-state index in [-0.39, 0.29) is 24.3 Å². The average molecular weight is 517 g/mol. The molecule has 1 atom stereocenters. The third kappa shape index (κ3) is 7.01. The summed E-state index contributed by atoms with van der Waals surface area (Å²) in [5.74, 6) is -0.296. The molecule has 4 aromatic rings. The molecule has 3 aromatic carbocycles. The van der Waals surface area contributed by atoms with Gasteiger partial charge in [0.15, 0.2) is 0 Å². The number of aromatic amines is 1. The van der Waals surface area contributed by atoms with Crippen LogP contribution in [0.2, 0.25) is 5.02 Å². The molecule has 0 saturated heterocycles. The number of carbonyl (C=O) groups is 2. The van der Waals surface area contributed by atoms with Crippen LogP contribution in [-0.2, 0) is 27.2 Å². The minimum absolute atomic E-state index is 0.0756. The van der Waals surface area contributed by atoms with Crippen molar-refractivity contribution in [2.24, 2.45) is 0 Å². The summed E-state index contributed by atoms with van der Waals surface area (Å²) in [6.07, 6.45) is 3.03. The SMILES string of the molecule is Cc1cc(Cl)ccc1C(NC(=O)Cc1ccc2[nH]cc(CCC(=O)OC(C)(C)C)c2c1)c1ccccc1. The van der Waals surface area contributed by atoms with Gasteiger partial charge >= 0.3 is 5.97 Å². The molecule has 0 aliphatic rings. The van der Waals surface area contributed by atoms with Gasteiger partial charge in [0.1, 0.15) is 5.60 Å². The van der Waals surface area contributed by atoms with Crippen molar-refractivity contribution in [1.82, 2.24) is 10.3 Å². The van der Waals surface area contributed by atoms with Gasteiger partial charge in [-0.3, -0.25) is 9.59 Å². The number of ether oxygens (including phenoxy) is 1. The van der Waals surface area contributed by atoms with Gasteiger partial charge in [0.2, 0.25) is 5.91 Å². The largest absolute Gasteiger partial charge is 0.460 e. The Bertz CT molecular complexity index is 1400. The van der Waals surface area contributed by atoms with Gasteiger partial charge in [0.05, 0.1) is 12.5 Å². The number of fused-ring (bicyclic) bond motifs is 1. The number of esters is 1. The Kier molecular flexibility index (Phi) is 8.03. The summed E-state index contributed by atoms with van der Waals surface area (Å²) < 4.78 is 5.44. The van der Waals surface area contributed by atoms with Crippen molar-refractivity contribution in [2.45, 2.75) is 58.6 Å². The molecule has 1 heterocycles. The van der Waals surface area contributed by atoms with E-state index in [1.165, 1.54) is 0 Å². The number of H-pyrrole nitrogens is 1. The number of hydrogen-bond acceptors (Lipinski definition) is 3. The molecule has 0 saturated carbocycles. The first kappa shape index (κ1) is 26.5. The van der Waals surface area contributed by atoms with Crippen LogP contribution in [0.4, 0.5) is 0 Å². The van der Waals surface area contributed by atoms with Crippen LogP contribution >= 0.6 is 11.6 Å².